The van der Waals surface area contributed by atoms with E-state index in [2.05, 4.69) is 20.4 Å². The highest BCUT2D eigenvalue weighted by Gasteiger charge is 2.23. The van der Waals surface area contributed by atoms with E-state index >= 15 is 0 Å². The number of carbonyl (C=O) groups is 1. The minimum atomic E-state index is -0.00464. The fourth-order valence-electron chi connectivity index (χ4n) is 3.94. The van der Waals surface area contributed by atoms with Crippen molar-refractivity contribution < 1.29 is 4.79 Å². The molecule has 1 saturated heterocycles. The predicted molar refractivity (Wildman–Crippen MR) is 120 cm³/mol. The summed E-state index contributed by atoms with van der Waals surface area (Å²) in [6.45, 7) is 3.69. The molecule has 4 aromatic rings. The molecule has 5 rings (SSSR count). The van der Waals surface area contributed by atoms with Crippen molar-refractivity contribution in [3.63, 3.8) is 0 Å². The lowest BCUT2D eigenvalue weighted by Gasteiger charge is -2.33. The molecule has 31 heavy (non-hydrogen) atoms. The monoisotopic (exact) mass is 412 g/mol. The number of aromatic nitrogens is 4. The molecule has 156 valence electrons. The number of carbonyl (C=O) groups excluding carboxylic acids is 1. The first kappa shape index (κ1) is 19.2. The van der Waals surface area contributed by atoms with Crippen LogP contribution in [0.2, 0.25) is 0 Å². The molecule has 3 heterocycles. The van der Waals surface area contributed by atoms with Crippen LogP contribution in [0.25, 0.3) is 17.0 Å². The maximum atomic E-state index is 12.5. The Morgan fingerprint density at radius 1 is 0.935 bits per heavy atom. The average Bonchev–Trinajstić information content (AvgIpc) is 3.24. The van der Waals surface area contributed by atoms with Crippen molar-refractivity contribution in [2.45, 2.75) is 25.8 Å². The molecule has 0 saturated carbocycles. The van der Waals surface area contributed by atoms with Crippen LogP contribution in [0.5, 0.6) is 0 Å². The molecule has 7 nitrogen and oxygen atoms in total. The van der Waals surface area contributed by atoms with Crippen LogP contribution in [0.3, 0.4) is 0 Å². The zero-order valence-corrected chi connectivity index (χ0v) is 17.4. The van der Waals surface area contributed by atoms with Gasteiger partial charge in [0.05, 0.1) is 0 Å². The Morgan fingerprint density at radius 2 is 1.68 bits per heavy atom. The van der Waals surface area contributed by atoms with Crippen molar-refractivity contribution in [2.24, 2.45) is 0 Å². The lowest BCUT2D eigenvalue weighted by molar-refractivity contribution is 0.0931. The summed E-state index contributed by atoms with van der Waals surface area (Å²) in [6, 6.07) is 21.8. The van der Waals surface area contributed by atoms with Crippen molar-refractivity contribution in [3.05, 3.63) is 77.9 Å². The topological polar surface area (TPSA) is 75.4 Å². The van der Waals surface area contributed by atoms with Crippen molar-refractivity contribution in [1.82, 2.24) is 25.1 Å². The quantitative estimate of drug-likeness (QED) is 0.555. The Morgan fingerprint density at radius 3 is 2.42 bits per heavy atom. The molecule has 2 aromatic heterocycles. The van der Waals surface area contributed by atoms with Gasteiger partial charge in [-0.1, -0.05) is 48.0 Å². The van der Waals surface area contributed by atoms with Crippen LogP contribution in [0.4, 0.5) is 5.82 Å². The third kappa shape index (κ3) is 3.99. The van der Waals surface area contributed by atoms with Crippen molar-refractivity contribution >= 4 is 17.4 Å². The first-order valence-electron chi connectivity index (χ1n) is 10.6. The van der Waals surface area contributed by atoms with Crippen molar-refractivity contribution in [1.29, 1.82) is 0 Å². The zero-order chi connectivity index (χ0) is 21.2. The number of fused-ring (bicyclic) bond motifs is 1. The van der Waals surface area contributed by atoms with Gasteiger partial charge in [0.2, 0.25) is 0 Å². The highest BCUT2D eigenvalue weighted by Crippen LogP contribution is 2.22. The average molecular weight is 412 g/mol. The standard InChI is InChI=1S/C24H24N6O/c1-17-7-9-19(10-8-17)24(31)25-20-13-15-29(16-14-20)22-12-11-21-26-27-23(30(21)28-22)18-5-3-2-4-6-18/h2-12,20H,13-16H2,1H3,(H,25,31). The van der Waals surface area contributed by atoms with Crippen LogP contribution in [0, 0.1) is 6.92 Å². The van der Waals surface area contributed by atoms with Crippen LogP contribution in [0.1, 0.15) is 28.8 Å². The second-order valence-corrected chi connectivity index (χ2v) is 7.95. The third-order valence-electron chi connectivity index (χ3n) is 5.75. The zero-order valence-electron chi connectivity index (χ0n) is 17.4. The maximum absolute atomic E-state index is 12.5. The van der Waals surface area contributed by atoms with E-state index in [1.807, 2.05) is 73.7 Å². The van der Waals surface area contributed by atoms with E-state index in [0.717, 1.165) is 54.3 Å². The Labute approximate surface area is 180 Å². The summed E-state index contributed by atoms with van der Waals surface area (Å²) in [5.74, 6) is 1.63. The molecule has 1 N–H and O–H groups in total. The van der Waals surface area contributed by atoms with Crippen LogP contribution >= 0.6 is 0 Å². The van der Waals surface area contributed by atoms with Crippen LogP contribution in [-0.4, -0.2) is 44.8 Å². The van der Waals surface area contributed by atoms with E-state index in [9.17, 15) is 4.79 Å². The van der Waals surface area contributed by atoms with Crippen LogP contribution in [0.15, 0.2) is 66.7 Å². The van der Waals surface area contributed by atoms with E-state index in [1.54, 1.807) is 4.52 Å². The summed E-state index contributed by atoms with van der Waals surface area (Å²) in [7, 11) is 0. The number of benzene rings is 2. The molecule has 1 amide bonds. The molecule has 1 fully saturated rings. The lowest BCUT2D eigenvalue weighted by Crippen LogP contribution is -2.45. The first-order chi connectivity index (χ1) is 15.2. The van der Waals surface area contributed by atoms with Crippen LogP contribution < -0.4 is 10.2 Å². The van der Waals surface area contributed by atoms with E-state index in [1.165, 1.54) is 0 Å². The smallest absolute Gasteiger partial charge is 0.251 e. The number of hydrogen-bond acceptors (Lipinski definition) is 5. The number of hydrogen-bond donors (Lipinski definition) is 1. The minimum Gasteiger partial charge on any atom is -0.355 e. The molecule has 0 aliphatic carbocycles. The van der Waals surface area contributed by atoms with Gasteiger partial charge >= 0.3 is 0 Å². The molecule has 0 radical (unpaired) electrons. The Hall–Kier alpha value is -3.74. The van der Waals surface area contributed by atoms with Gasteiger partial charge in [-0.15, -0.1) is 15.3 Å². The SMILES string of the molecule is Cc1ccc(C(=O)NC2CCN(c3ccc4nnc(-c5ccccc5)n4n3)CC2)cc1. The largest absolute Gasteiger partial charge is 0.355 e. The molecule has 1 aliphatic rings. The van der Waals surface area contributed by atoms with Gasteiger partial charge in [0, 0.05) is 30.3 Å². The fraction of sp³-hybridized carbons (Fsp3) is 0.250. The number of piperidine rings is 1. The van der Waals surface area contributed by atoms with Crippen molar-refractivity contribution in [3.8, 4) is 11.4 Å². The number of amides is 1. The Kier molecular flexibility index (Phi) is 5.08. The summed E-state index contributed by atoms with van der Waals surface area (Å²) >= 11 is 0. The molecule has 2 aromatic carbocycles. The number of nitrogens with zero attached hydrogens (tertiary/aromatic N) is 5. The van der Waals surface area contributed by atoms with Gasteiger partial charge in [-0.2, -0.15) is 4.52 Å². The van der Waals surface area contributed by atoms with Crippen molar-refractivity contribution in [2.75, 3.05) is 18.0 Å². The molecule has 0 atom stereocenters. The summed E-state index contributed by atoms with van der Waals surface area (Å²) in [5, 5.41) is 16.5. The molecule has 0 unspecified atom stereocenters. The fourth-order valence-corrected chi connectivity index (χ4v) is 3.94. The maximum Gasteiger partial charge on any atom is 0.251 e. The number of nitrogens with one attached hydrogen (secondary N) is 1. The second-order valence-electron chi connectivity index (χ2n) is 7.95. The third-order valence-corrected chi connectivity index (χ3v) is 5.75. The normalized spacial score (nSPS) is 14.7. The molecular formula is C24H24N6O. The van der Waals surface area contributed by atoms with E-state index in [0.29, 0.717) is 5.56 Å². The van der Waals surface area contributed by atoms with Gasteiger partial charge in [0.1, 0.15) is 5.82 Å². The van der Waals surface area contributed by atoms with Gasteiger partial charge in [0.15, 0.2) is 11.5 Å². The van der Waals surface area contributed by atoms with Gasteiger partial charge in [0.25, 0.3) is 5.91 Å². The minimum absolute atomic E-state index is 0.00464. The van der Waals surface area contributed by atoms with Gasteiger partial charge in [-0.3, -0.25) is 4.79 Å². The molecule has 0 bridgehead atoms. The Bertz CT molecular complexity index is 1190. The van der Waals surface area contributed by atoms with Gasteiger partial charge in [-0.05, 0) is 44.0 Å². The number of aryl methyl sites for hydroxylation is 1. The van der Waals surface area contributed by atoms with E-state index in [4.69, 9.17) is 5.10 Å². The van der Waals surface area contributed by atoms with E-state index in [-0.39, 0.29) is 11.9 Å². The van der Waals surface area contributed by atoms with Gasteiger partial charge in [-0.25, -0.2) is 0 Å². The molecule has 1 aliphatic heterocycles. The highest BCUT2D eigenvalue weighted by molar-refractivity contribution is 5.94. The summed E-state index contributed by atoms with van der Waals surface area (Å²) < 4.78 is 1.80. The number of rotatable bonds is 4. The van der Waals surface area contributed by atoms with Crippen LogP contribution in [-0.2, 0) is 0 Å². The predicted octanol–water partition coefficient (Wildman–Crippen LogP) is 3.50. The second kappa shape index (κ2) is 8.18. The highest BCUT2D eigenvalue weighted by atomic mass is 16.1. The van der Waals surface area contributed by atoms with E-state index < -0.39 is 0 Å². The van der Waals surface area contributed by atoms with Gasteiger partial charge < -0.3 is 10.2 Å². The molecule has 7 heteroatoms. The Balaban J connectivity index is 1.27. The summed E-state index contributed by atoms with van der Waals surface area (Å²) in [5.41, 5.74) is 3.57. The summed E-state index contributed by atoms with van der Waals surface area (Å²) in [4.78, 5) is 14.8. The lowest BCUT2D eigenvalue weighted by atomic mass is 10.0. The number of anilines is 1. The molecule has 0 spiro atoms. The summed E-state index contributed by atoms with van der Waals surface area (Å²) in [6.07, 6.45) is 1.76. The molecular weight excluding hydrogens is 388 g/mol. The first-order valence-corrected chi connectivity index (χ1v) is 10.6.